The number of benzene rings is 1. The smallest absolute Gasteiger partial charge is 0.341 e. The number of thiophene rings is 1. The molecule has 3 heterocycles. The van der Waals surface area contributed by atoms with Gasteiger partial charge in [-0.3, -0.25) is 4.79 Å². The van der Waals surface area contributed by atoms with Crippen LogP contribution in [0.1, 0.15) is 36.8 Å². The number of aromatic carboxylic acids is 1. The first-order valence-electron chi connectivity index (χ1n) is 8.27. The summed E-state index contributed by atoms with van der Waals surface area (Å²) in [6, 6.07) is 13.6. The third kappa shape index (κ3) is 2.79. The Morgan fingerprint density at radius 3 is 2.65 bits per heavy atom. The largest absolute Gasteiger partial charge is 0.477 e. The maximum atomic E-state index is 12.4. The predicted molar refractivity (Wildman–Crippen MR) is 105 cm³/mol. The fourth-order valence-corrected chi connectivity index (χ4v) is 5.78. The van der Waals surface area contributed by atoms with E-state index in [4.69, 9.17) is 0 Å². The van der Waals surface area contributed by atoms with Gasteiger partial charge in [0.15, 0.2) is 5.43 Å². The quantitative estimate of drug-likeness (QED) is 0.702. The third-order valence-electron chi connectivity index (χ3n) is 4.54. The van der Waals surface area contributed by atoms with Gasteiger partial charge in [0.2, 0.25) is 0 Å². The average molecular weight is 383 g/mol. The Balaban J connectivity index is 2.03. The van der Waals surface area contributed by atoms with E-state index in [0.29, 0.717) is 12.1 Å². The highest BCUT2D eigenvalue weighted by Gasteiger charge is 2.29. The lowest BCUT2D eigenvalue weighted by molar-refractivity contribution is 0.0693. The summed E-state index contributed by atoms with van der Waals surface area (Å²) in [7, 11) is 0. The summed E-state index contributed by atoms with van der Waals surface area (Å²) in [5.41, 5.74) is 1.73. The fourth-order valence-electron chi connectivity index (χ4n) is 3.45. The van der Waals surface area contributed by atoms with Gasteiger partial charge in [0, 0.05) is 43.8 Å². The van der Waals surface area contributed by atoms with Gasteiger partial charge in [-0.05, 0) is 38.1 Å². The van der Waals surface area contributed by atoms with Crippen LogP contribution < -0.4 is 5.43 Å². The minimum atomic E-state index is -1.16. The van der Waals surface area contributed by atoms with E-state index in [0.717, 1.165) is 16.3 Å². The first-order valence-corrected chi connectivity index (χ1v) is 9.96. The molecule has 6 heteroatoms. The van der Waals surface area contributed by atoms with Gasteiger partial charge in [0.05, 0.1) is 5.69 Å². The Morgan fingerprint density at radius 2 is 1.96 bits per heavy atom. The van der Waals surface area contributed by atoms with Crippen LogP contribution in [0.3, 0.4) is 0 Å². The number of aryl methyl sites for hydroxylation is 2. The minimum absolute atomic E-state index is 0.0721. The molecule has 0 fully saturated rings. The average Bonchev–Trinajstić information content (AvgIpc) is 2.93. The van der Waals surface area contributed by atoms with Crippen LogP contribution in [0.5, 0.6) is 0 Å². The van der Waals surface area contributed by atoms with Gasteiger partial charge in [-0.15, -0.1) is 23.1 Å². The number of fused-ring (bicyclic) bond motifs is 3. The monoisotopic (exact) mass is 383 g/mol. The zero-order valence-electron chi connectivity index (χ0n) is 14.4. The lowest BCUT2D eigenvalue weighted by atomic mass is 10.1. The van der Waals surface area contributed by atoms with Gasteiger partial charge in [-0.2, -0.15) is 0 Å². The summed E-state index contributed by atoms with van der Waals surface area (Å²) < 4.78 is 1.94. The van der Waals surface area contributed by atoms with E-state index in [2.05, 4.69) is 25.1 Å². The van der Waals surface area contributed by atoms with Crippen molar-refractivity contribution in [2.24, 2.45) is 0 Å². The highest BCUT2D eigenvalue weighted by atomic mass is 32.2. The Kier molecular flexibility index (Phi) is 4.25. The Hall–Kier alpha value is -2.31. The van der Waals surface area contributed by atoms with E-state index in [9.17, 15) is 14.7 Å². The van der Waals surface area contributed by atoms with Gasteiger partial charge < -0.3 is 9.67 Å². The van der Waals surface area contributed by atoms with Gasteiger partial charge in [-0.1, -0.05) is 12.1 Å². The van der Waals surface area contributed by atoms with Crippen molar-refractivity contribution in [1.29, 1.82) is 0 Å². The van der Waals surface area contributed by atoms with Crippen molar-refractivity contribution < 1.29 is 9.90 Å². The number of carboxylic acid groups (broad SMARTS) is 1. The van der Waals surface area contributed by atoms with E-state index >= 15 is 0 Å². The lowest BCUT2D eigenvalue weighted by Gasteiger charge is -2.18. The van der Waals surface area contributed by atoms with Gasteiger partial charge in [0.1, 0.15) is 5.56 Å². The van der Waals surface area contributed by atoms with Gasteiger partial charge >= 0.3 is 5.97 Å². The molecule has 1 N–H and O–H groups in total. The van der Waals surface area contributed by atoms with Crippen molar-refractivity contribution in [2.45, 2.75) is 30.4 Å². The highest BCUT2D eigenvalue weighted by Crippen LogP contribution is 2.45. The lowest BCUT2D eigenvalue weighted by Crippen LogP contribution is -2.24. The molecule has 0 unspecified atom stereocenters. The number of hydrogen-bond donors (Lipinski definition) is 1. The SMILES string of the molecule is Cc1ccc([C@H]2Cc3c(C(=O)O)c(=O)cc(C)n3-c3ccccc3S2)s1. The summed E-state index contributed by atoms with van der Waals surface area (Å²) in [6.07, 6.45) is 0.498. The zero-order valence-corrected chi connectivity index (χ0v) is 16.0. The molecule has 1 atom stereocenters. The van der Waals surface area contributed by atoms with Crippen LogP contribution in [0.25, 0.3) is 5.69 Å². The van der Waals surface area contributed by atoms with Gasteiger partial charge in [-0.25, -0.2) is 4.79 Å². The fraction of sp³-hybridized carbons (Fsp3) is 0.200. The second-order valence-corrected chi connectivity index (χ2v) is 8.90. The molecule has 1 aliphatic heterocycles. The second-order valence-electron chi connectivity index (χ2n) is 6.34. The molecule has 4 rings (SSSR count). The van der Waals surface area contributed by atoms with Crippen LogP contribution in [0.2, 0.25) is 0 Å². The summed E-state index contributed by atoms with van der Waals surface area (Å²) in [5, 5.41) is 9.77. The molecule has 0 saturated carbocycles. The molecule has 3 aromatic rings. The first-order chi connectivity index (χ1) is 12.5. The molecule has 0 saturated heterocycles. The summed E-state index contributed by atoms with van der Waals surface area (Å²) in [5.74, 6) is -1.16. The molecule has 0 radical (unpaired) electrons. The number of thioether (sulfide) groups is 1. The Morgan fingerprint density at radius 1 is 1.19 bits per heavy atom. The van der Waals surface area contributed by atoms with Crippen molar-refractivity contribution in [3.05, 3.63) is 79.4 Å². The molecular weight excluding hydrogens is 366 g/mol. The van der Waals surface area contributed by atoms with E-state index < -0.39 is 11.4 Å². The first kappa shape index (κ1) is 17.1. The second kappa shape index (κ2) is 6.45. The van der Waals surface area contributed by atoms with Crippen LogP contribution in [0.4, 0.5) is 0 Å². The van der Waals surface area contributed by atoms with Crippen LogP contribution in [-0.2, 0) is 6.42 Å². The number of carboxylic acids is 1. The molecule has 1 aliphatic rings. The number of pyridine rings is 1. The standard InChI is InChI=1S/C20H17NO3S2/c1-11-9-15(22)19(20(23)24)14-10-18(17-8-7-12(2)25-17)26-16-6-4-3-5-13(16)21(11)14/h3-9,18H,10H2,1-2H3,(H,23,24)/t18-/m1/s1. The van der Waals surface area contributed by atoms with Crippen molar-refractivity contribution in [3.63, 3.8) is 0 Å². The van der Waals surface area contributed by atoms with Crippen LogP contribution in [0, 0.1) is 13.8 Å². The molecule has 0 aliphatic carbocycles. The van der Waals surface area contributed by atoms with Crippen LogP contribution in [0.15, 0.2) is 52.2 Å². The maximum Gasteiger partial charge on any atom is 0.341 e. The van der Waals surface area contributed by atoms with Gasteiger partial charge in [0.25, 0.3) is 0 Å². The van der Waals surface area contributed by atoms with Crippen molar-refractivity contribution in [3.8, 4) is 5.69 Å². The zero-order chi connectivity index (χ0) is 18.4. The van der Waals surface area contributed by atoms with E-state index in [-0.39, 0.29) is 10.8 Å². The number of hydrogen-bond acceptors (Lipinski definition) is 4. The van der Waals surface area contributed by atoms with E-state index in [1.54, 1.807) is 23.1 Å². The van der Waals surface area contributed by atoms with Crippen LogP contribution >= 0.6 is 23.1 Å². The molecular formula is C20H17NO3S2. The van der Waals surface area contributed by atoms with E-state index in [1.807, 2.05) is 29.7 Å². The minimum Gasteiger partial charge on any atom is -0.477 e. The molecule has 0 bridgehead atoms. The molecule has 0 spiro atoms. The number of nitrogens with zero attached hydrogens (tertiary/aromatic N) is 1. The third-order valence-corrected chi connectivity index (χ3v) is 7.11. The molecule has 0 amide bonds. The summed E-state index contributed by atoms with van der Waals surface area (Å²) in [6.45, 7) is 3.92. The molecule has 4 nitrogen and oxygen atoms in total. The normalized spacial score (nSPS) is 15.8. The van der Waals surface area contributed by atoms with E-state index in [1.165, 1.54) is 15.8 Å². The summed E-state index contributed by atoms with van der Waals surface area (Å²) in [4.78, 5) is 27.8. The molecule has 132 valence electrons. The highest BCUT2D eigenvalue weighted by molar-refractivity contribution is 7.99. The number of aromatic nitrogens is 1. The topological polar surface area (TPSA) is 59.3 Å². The van der Waals surface area contributed by atoms with Crippen molar-refractivity contribution >= 4 is 29.1 Å². The molecule has 2 aromatic heterocycles. The Bertz CT molecular complexity index is 1080. The number of para-hydroxylation sites is 1. The predicted octanol–water partition coefficient (Wildman–Crippen LogP) is 4.60. The number of carbonyl (C=O) groups is 1. The molecule has 26 heavy (non-hydrogen) atoms. The van der Waals surface area contributed by atoms with Crippen molar-refractivity contribution in [1.82, 2.24) is 4.57 Å². The van der Waals surface area contributed by atoms with Crippen molar-refractivity contribution in [2.75, 3.05) is 0 Å². The Labute approximate surface area is 159 Å². The maximum absolute atomic E-state index is 12.4. The number of rotatable bonds is 2. The summed E-state index contributed by atoms with van der Waals surface area (Å²) >= 11 is 3.45. The molecule has 1 aromatic carbocycles. The van der Waals surface area contributed by atoms with Crippen LogP contribution in [-0.4, -0.2) is 15.6 Å².